The Balaban J connectivity index is 0.000000593. The van der Waals surface area contributed by atoms with E-state index >= 15 is 0 Å². The van der Waals surface area contributed by atoms with Gasteiger partial charge < -0.3 is 31.5 Å². The molecule has 1 aliphatic heterocycles. The Morgan fingerprint density at radius 1 is 1.04 bits per heavy atom. The number of nitrogens with two attached hydrogens (primary N) is 2. The summed E-state index contributed by atoms with van der Waals surface area (Å²) >= 11 is 0. The number of carbonyl (C=O) groups is 2. The molecule has 1 aliphatic rings. The van der Waals surface area contributed by atoms with Gasteiger partial charge in [0.15, 0.2) is 5.96 Å². The maximum absolute atomic E-state index is 11.3. The number of hydrogen-bond donors (Lipinski definition) is 4. The second-order valence-electron chi connectivity index (χ2n) is 4.83. The van der Waals surface area contributed by atoms with E-state index in [0.29, 0.717) is 0 Å². The fraction of sp³-hybridized carbons (Fsp3) is 0.357. The van der Waals surface area contributed by atoms with Gasteiger partial charge in [-0.25, -0.2) is 9.79 Å². The predicted molar refractivity (Wildman–Crippen MR) is 87.0 cm³/mol. The van der Waals surface area contributed by atoms with Gasteiger partial charge in [0.2, 0.25) is 5.91 Å². The lowest BCUT2D eigenvalue weighted by Gasteiger charge is -2.35. The highest BCUT2D eigenvalue weighted by Gasteiger charge is 2.18. The van der Waals surface area contributed by atoms with E-state index in [9.17, 15) is 4.79 Å². The van der Waals surface area contributed by atoms with E-state index in [0.717, 1.165) is 37.6 Å². The molecule has 1 saturated heterocycles. The number of anilines is 1. The first-order chi connectivity index (χ1) is 10.8. The summed E-state index contributed by atoms with van der Waals surface area (Å²) in [4.78, 5) is 27.9. The van der Waals surface area contributed by atoms with Crippen LogP contribution in [0, 0.1) is 0 Å². The Morgan fingerprint density at radius 2 is 1.52 bits per heavy atom. The summed E-state index contributed by atoms with van der Waals surface area (Å²) in [7, 11) is 0. The van der Waals surface area contributed by atoms with Crippen molar-refractivity contribution in [3.05, 3.63) is 24.3 Å². The van der Waals surface area contributed by atoms with Gasteiger partial charge in [-0.3, -0.25) is 4.79 Å². The number of carbonyl (C=O) groups excluding carboxylic acids is 1. The van der Waals surface area contributed by atoms with E-state index in [1.54, 1.807) is 6.92 Å². The van der Waals surface area contributed by atoms with E-state index in [4.69, 9.17) is 26.5 Å². The number of rotatable bonds is 2. The molecular weight excluding hydrogens is 302 g/mol. The molecule has 0 aromatic heterocycles. The van der Waals surface area contributed by atoms with E-state index in [-0.39, 0.29) is 11.9 Å². The van der Waals surface area contributed by atoms with Crippen LogP contribution in [0.2, 0.25) is 0 Å². The molecule has 9 heteroatoms. The van der Waals surface area contributed by atoms with Gasteiger partial charge in [-0.1, -0.05) is 0 Å². The average molecular weight is 323 g/mol. The molecule has 1 heterocycles. The molecule has 1 aromatic rings. The first kappa shape index (κ1) is 18.1. The summed E-state index contributed by atoms with van der Waals surface area (Å²) in [5.74, 6) is 0.200. The zero-order valence-corrected chi connectivity index (χ0v) is 12.8. The number of guanidine groups is 1. The molecule has 1 aromatic carbocycles. The van der Waals surface area contributed by atoms with Crippen molar-refractivity contribution >= 4 is 29.4 Å². The second kappa shape index (κ2) is 8.47. The first-order valence-electron chi connectivity index (χ1n) is 6.91. The van der Waals surface area contributed by atoms with Crippen LogP contribution in [0.1, 0.15) is 6.92 Å². The van der Waals surface area contributed by atoms with Gasteiger partial charge >= 0.3 is 6.16 Å². The average Bonchev–Trinajstić information content (AvgIpc) is 2.47. The number of nitrogens with zero attached hydrogens (tertiary/aromatic N) is 3. The van der Waals surface area contributed by atoms with Gasteiger partial charge in [0.1, 0.15) is 0 Å². The van der Waals surface area contributed by atoms with Crippen LogP contribution in [0.5, 0.6) is 0 Å². The van der Waals surface area contributed by atoms with Crippen LogP contribution >= 0.6 is 0 Å². The highest BCUT2D eigenvalue weighted by molar-refractivity contribution is 5.79. The normalized spacial score (nSPS) is 13.6. The van der Waals surface area contributed by atoms with Crippen molar-refractivity contribution < 1.29 is 19.8 Å². The summed E-state index contributed by atoms with van der Waals surface area (Å²) < 4.78 is 0. The molecule has 0 radical (unpaired) electrons. The Kier molecular flexibility index (Phi) is 6.66. The Bertz CT molecular complexity index is 557. The first-order valence-corrected chi connectivity index (χ1v) is 6.91. The van der Waals surface area contributed by atoms with Gasteiger partial charge in [0.05, 0.1) is 5.69 Å². The third kappa shape index (κ3) is 6.55. The monoisotopic (exact) mass is 323 g/mol. The molecule has 23 heavy (non-hydrogen) atoms. The zero-order valence-electron chi connectivity index (χ0n) is 12.8. The molecule has 1 amide bonds. The molecule has 0 spiro atoms. The highest BCUT2D eigenvalue weighted by atomic mass is 16.6. The van der Waals surface area contributed by atoms with Crippen LogP contribution in [-0.4, -0.2) is 59.3 Å². The van der Waals surface area contributed by atoms with Gasteiger partial charge in [-0.05, 0) is 24.3 Å². The SMILES string of the molecule is CC(=O)N1CCN(c2ccc(N=C(N)N)cc2)CC1.O=C(O)O. The standard InChI is InChI=1S/C13H19N5O.CH2O3/c1-10(19)17-6-8-18(9-7-17)12-4-2-11(3-5-12)16-13(14)15;2-1(3)4/h2-5H,6-9H2,1H3,(H4,14,15,16);(H2,2,3,4). The van der Waals surface area contributed by atoms with Crippen molar-refractivity contribution in [2.75, 3.05) is 31.1 Å². The quantitative estimate of drug-likeness (QED) is 0.457. The lowest BCUT2D eigenvalue weighted by Crippen LogP contribution is -2.48. The van der Waals surface area contributed by atoms with E-state index in [1.807, 2.05) is 29.2 Å². The summed E-state index contributed by atoms with van der Waals surface area (Å²) in [5, 5.41) is 13.9. The van der Waals surface area contributed by atoms with Gasteiger partial charge in [-0.15, -0.1) is 0 Å². The summed E-state index contributed by atoms with van der Waals surface area (Å²) in [6, 6.07) is 7.75. The van der Waals surface area contributed by atoms with Gasteiger partial charge in [0, 0.05) is 38.8 Å². The third-order valence-corrected chi connectivity index (χ3v) is 3.20. The molecule has 0 saturated carbocycles. The fourth-order valence-corrected chi connectivity index (χ4v) is 2.17. The summed E-state index contributed by atoms with van der Waals surface area (Å²) in [5.41, 5.74) is 12.5. The van der Waals surface area contributed by atoms with Gasteiger partial charge in [0.25, 0.3) is 0 Å². The number of benzene rings is 1. The molecule has 0 atom stereocenters. The summed E-state index contributed by atoms with van der Waals surface area (Å²) in [6.07, 6.45) is -1.83. The number of aliphatic imine (C=N–C) groups is 1. The van der Waals surface area contributed by atoms with Crippen molar-refractivity contribution in [2.24, 2.45) is 16.5 Å². The Hall–Kier alpha value is -2.97. The molecular formula is C14H21N5O4. The fourth-order valence-electron chi connectivity index (χ4n) is 2.17. The molecule has 1 fully saturated rings. The van der Waals surface area contributed by atoms with Gasteiger partial charge in [-0.2, -0.15) is 0 Å². The highest BCUT2D eigenvalue weighted by Crippen LogP contribution is 2.20. The van der Waals surface area contributed by atoms with E-state index < -0.39 is 6.16 Å². The minimum Gasteiger partial charge on any atom is -0.450 e. The van der Waals surface area contributed by atoms with Crippen LogP contribution < -0.4 is 16.4 Å². The van der Waals surface area contributed by atoms with Crippen LogP contribution in [-0.2, 0) is 4.79 Å². The number of amides is 1. The zero-order chi connectivity index (χ0) is 17.4. The topological polar surface area (TPSA) is 145 Å². The molecule has 6 N–H and O–H groups in total. The van der Waals surface area contributed by atoms with Crippen molar-refractivity contribution in [3.8, 4) is 0 Å². The van der Waals surface area contributed by atoms with Crippen LogP contribution in [0.15, 0.2) is 29.3 Å². The molecule has 2 rings (SSSR count). The van der Waals surface area contributed by atoms with E-state index in [1.165, 1.54) is 0 Å². The molecule has 0 bridgehead atoms. The Labute approximate surface area is 133 Å². The van der Waals surface area contributed by atoms with Crippen molar-refractivity contribution in [1.82, 2.24) is 4.90 Å². The van der Waals surface area contributed by atoms with Crippen LogP contribution in [0.3, 0.4) is 0 Å². The minimum atomic E-state index is -1.83. The lowest BCUT2D eigenvalue weighted by molar-refractivity contribution is -0.129. The molecule has 0 unspecified atom stereocenters. The van der Waals surface area contributed by atoms with Crippen LogP contribution in [0.25, 0.3) is 0 Å². The predicted octanol–water partition coefficient (Wildman–Crippen LogP) is 0.482. The molecule has 126 valence electrons. The molecule has 0 aliphatic carbocycles. The lowest BCUT2D eigenvalue weighted by atomic mass is 10.2. The second-order valence-corrected chi connectivity index (χ2v) is 4.83. The number of carboxylic acid groups (broad SMARTS) is 2. The van der Waals surface area contributed by atoms with Crippen molar-refractivity contribution in [3.63, 3.8) is 0 Å². The smallest absolute Gasteiger partial charge is 0.450 e. The number of hydrogen-bond acceptors (Lipinski definition) is 4. The number of piperazine rings is 1. The maximum atomic E-state index is 11.3. The Morgan fingerprint density at radius 3 is 1.91 bits per heavy atom. The van der Waals surface area contributed by atoms with E-state index in [2.05, 4.69) is 9.89 Å². The summed E-state index contributed by atoms with van der Waals surface area (Å²) in [6.45, 7) is 4.85. The third-order valence-electron chi connectivity index (χ3n) is 3.20. The minimum absolute atomic E-state index is 0.0582. The largest absolute Gasteiger partial charge is 0.503 e. The van der Waals surface area contributed by atoms with Crippen molar-refractivity contribution in [2.45, 2.75) is 6.92 Å². The molecule has 9 nitrogen and oxygen atoms in total. The van der Waals surface area contributed by atoms with Crippen molar-refractivity contribution in [1.29, 1.82) is 0 Å². The maximum Gasteiger partial charge on any atom is 0.503 e. The van der Waals surface area contributed by atoms with Crippen LogP contribution in [0.4, 0.5) is 16.2 Å².